The summed E-state index contributed by atoms with van der Waals surface area (Å²) in [4.78, 5) is 11.4. The molecule has 0 amide bonds. The Kier molecular flexibility index (Phi) is 9.27. The normalized spacial score (nSPS) is 15.1. The molecular formula is C16H33NO3. The molecule has 0 aromatic heterocycles. The van der Waals surface area contributed by atoms with Crippen LogP contribution in [0.1, 0.15) is 60.3 Å². The minimum absolute atomic E-state index is 0.153. The van der Waals surface area contributed by atoms with Crippen molar-refractivity contribution in [1.82, 2.24) is 5.32 Å². The Bertz CT molecular complexity index is 277. The van der Waals surface area contributed by atoms with Gasteiger partial charge in [-0.25, -0.2) is 0 Å². The molecule has 120 valence electrons. The standard InChI is InChI=1S/C16H33NO3/c1-7-15(5,13-17-6)19-10-11-20-16(8-2,9-3)12-14(4)18/h17H,7-13H2,1-6H3. The number of hydrogen-bond acceptors (Lipinski definition) is 4. The first-order chi connectivity index (χ1) is 9.37. The SMILES string of the molecule is CCC(C)(CNC)OCCOC(CC)(CC)CC(C)=O. The lowest BCUT2D eigenvalue weighted by Crippen LogP contribution is -2.40. The fourth-order valence-corrected chi connectivity index (χ4v) is 2.41. The summed E-state index contributed by atoms with van der Waals surface area (Å²) in [6.45, 7) is 11.9. The second kappa shape index (κ2) is 9.48. The van der Waals surface area contributed by atoms with Crippen LogP contribution in [0.25, 0.3) is 0 Å². The van der Waals surface area contributed by atoms with Gasteiger partial charge in [-0.3, -0.25) is 4.79 Å². The highest BCUT2D eigenvalue weighted by atomic mass is 16.5. The lowest BCUT2D eigenvalue weighted by Gasteiger charge is -2.33. The van der Waals surface area contributed by atoms with E-state index >= 15 is 0 Å². The molecule has 0 heterocycles. The van der Waals surface area contributed by atoms with Crippen LogP contribution >= 0.6 is 0 Å². The highest BCUT2D eigenvalue weighted by molar-refractivity contribution is 5.76. The van der Waals surface area contributed by atoms with Gasteiger partial charge in [-0.1, -0.05) is 20.8 Å². The zero-order chi connectivity index (χ0) is 15.6. The first kappa shape index (κ1) is 19.6. The summed E-state index contributed by atoms with van der Waals surface area (Å²) in [5.74, 6) is 0.184. The van der Waals surface area contributed by atoms with Gasteiger partial charge in [0.1, 0.15) is 5.78 Å². The van der Waals surface area contributed by atoms with Crippen LogP contribution in [0.4, 0.5) is 0 Å². The van der Waals surface area contributed by atoms with Gasteiger partial charge in [0.2, 0.25) is 0 Å². The van der Waals surface area contributed by atoms with Gasteiger partial charge in [0.05, 0.1) is 24.4 Å². The molecule has 0 spiro atoms. The van der Waals surface area contributed by atoms with Crippen molar-refractivity contribution in [2.75, 3.05) is 26.8 Å². The van der Waals surface area contributed by atoms with Gasteiger partial charge in [0.25, 0.3) is 0 Å². The number of ketones is 1. The molecule has 0 saturated carbocycles. The van der Waals surface area contributed by atoms with Gasteiger partial charge < -0.3 is 14.8 Å². The topological polar surface area (TPSA) is 47.6 Å². The fraction of sp³-hybridized carbons (Fsp3) is 0.938. The van der Waals surface area contributed by atoms with Crippen molar-refractivity contribution in [3.05, 3.63) is 0 Å². The van der Waals surface area contributed by atoms with Gasteiger partial charge in [-0.15, -0.1) is 0 Å². The maximum Gasteiger partial charge on any atom is 0.132 e. The van der Waals surface area contributed by atoms with E-state index in [1.807, 2.05) is 7.05 Å². The molecule has 1 N–H and O–H groups in total. The molecular weight excluding hydrogens is 254 g/mol. The largest absolute Gasteiger partial charge is 0.372 e. The van der Waals surface area contributed by atoms with E-state index in [0.29, 0.717) is 19.6 Å². The Labute approximate surface area is 124 Å². The van der Waals surface area contributed by atoms with Crippen LogP contribution in [-0.2, 0) is 14.3 Å². The fourth-order valence-electron chi connectivity index (χ4n) is 2.41. The second-order valence-electron chi connectivity index (χ2n) is 5.80. The summed E-state index contributed by atoms with van der Waals surface area (Å²) >= 11 is 0. The molecule has 0 fully saturated rings. The van der Waals surface area contributed by atoms with Crippen LogP contribution in [0.2, 0.25) is 0 Å². The number of carbonyl (C=O) groups excluding carboxylic acids is 1. The van der Waals surface area contributed by atoms with Gasteiger partial charge in [0.15, 0.2) is 0 Å². The quantitative estimate of drug-likeness (QED) is 0.561. The molecule has 0 aliphatic carbocycles. The van der Waals surface area contributed by atoms with Gasteiger partial charge >= 0.3 is 0 Å². The van der Waals surface area contributed by atoms with Crippen molar-refractivity contribution >= 4 is 5.78 Å². The smallest absolute Gasteiger partial charge is 0.132 e. The van der Waals surface area contributed by atoms with Gasteiger partial charge in [-0.2, -0.15) is 0 Å². The highest BCUT2D eigenvalue weighted by Gasteiger charge is 2.29. The molecule has 1 unspecified atom stereocenters. The third-order valence-electron chi connectivity index (χ3n) is 4.10. The van der Waals surface area contributed by atoms with Crippen LogP contribution in [0, 0.1) is 0 Å². The molecule has 0 radical (unpaired) electrons. The van der Waals surface area contributed by atoms with Crippen molar-refractivity contribution in [3.8, 4) is 0 Å². The molecule has 0 aromatic carbocycles. The first-order valence-electron chi connectivity index (χ1n) is 7.79. The average Bonchev–Trinajstić information content (AvgIpc) is 2.42. The van der Waals surface area contributed by atoms with E-state index in [1.165, 1.54) is 0 Å². The molecule has 20 heavy (non-hydrogen) atoms. The Morgan fingerprint density at radius 2 is 1.60 bits per heavy atom. The van der Waals surface area contributed by atoms with Crippen LogP contribution in [0.5, 0.6) is 0 Å². The summed E-state index contributed by atoms with van der Waals surface area (Å²) in [6.07, 6.45) is 3.14. The number of carbonyl (C=O) groups is 1. The molecule has 0 aliphatic rings. The van der Waals surface area contributed by atoms with Crippen molar-refractivity contribution in [2.45, 2.75) is 71.5 Å². The zero-order valence-corrected chi connectivity index (χ0v) is 14.2. The molecule has 1 atom stereocenters. The number of ether oxygens (including phenoxy) is 2. The molecule has 0 rings (SSSR count). The molecule has 0 bridgehead atoms. The number of hydrogen-bond donors (Lipinski definition) is 1. The molecule has 0 aliphatic heterocycles. The lowest BCUT2D eigenvalue weighted by molar-refractivity contribution is -0.132. The Balaban J connectivity index is 4.27. The van der Waals surface area contributed by atoms with Crippen molar-refractivity contribution in [2.24, 2.45) is 0 Å². The third-order valence-corrected chi connectivity index (χ3v) is 4.10. The highest BCUT2D eigenvalue weighted by Crippen LogP contribution is 2.25. The van der Waals surface area contributed by atoms with Gasteiger partial charge in [-0.05, 0) is 40.2 Å². The van der Waals surface area contributed by atoms with E-state index in [1.54, 1.807) is 6.92 Å². The Hall–Kier alpha value is -0.450. The number of Topliss-reactive ketones (excluding diaryl/α,β-unsaturated/α-hetero) is 1. The summed E-state index contributed by atoms with van der Waals surface area (Å²) in [6, 6.07) is 0. The van der Waals surface area contributed by atoms with E-state index in [9.17, 15) is 4.79 Å². The van der Waals surface area contributed by atoms with Crippen LogP contribution < -0.4 is 5.32 Å². The van der Waals surface area contributed by atoms with E-state index in [0.717, 1.165) is 25.8 Å². The maximum atomic E-state index is 11.4. The average molecular weight is 287 g/mol. The summed E-state index contributed by atoms with van der Waals surface area (Å²) in [7, 11) is 1.93. The van der Waals surface area contributed by atoms with Crippen LogP contribution in [0.3, 0.4) is 0 Å². The van der Waals surface area contributed by atoms with E-state index in [2.05, 4.69) is 33.0 Å². The molecule has 4 nitrogen and oxygen atoms in total. The van der Waals surface area contributed by atoms with E-state index in [4.69, 9.17) is 9.47 Å². The first-order valence-corrected chi connectivity index (χ1v) is 7.79. The maximum absolute atomic E-state index is 11.4. The van der Waals surface area contributed by atoms with Crippen molar-refractivity contribution in [1.29, 1.82) is 0 Å². The minimum atomic E-state index is -0.319. The predicted molar refractivity (Wildman–Crippen MR) is 83.1 cm³/mol. The number of nitrogens with one attached hydrogen (secondary N) is 1. The number of rotatable bonds is 12. The molecule has 0 aromatic rings. The third kappa shape index (κ3) is 6.82. The zero-order valence-electron chi connectivity index (χ0n) is 14.2. The predicted octanol–water partition coefficient (Wildman–Crippen LogP) is 2.95. The van der Waals surface area contributed by atoms with E-state index in [-0.39, 0.29) is 17.0 Å². The second-order valence-corrected chi connectivity index (χ2v) is 5.80. The van der Waals surface area contributed by atoms with Crippen molar-refractivity contribution in [3.63, 3.8) is 0 Å². The monoisotopic (exact) mass is 287 g/mol. The molecule has 0 saturated heterocycles. The van der Waals surface area contributed by atoms with Gasteiger partial charge in [0, 0.05) is 13.0 Å². The van der Waals surface area contributed by atoms with Crippen LogP contribution in [-0.4, -0.2) is 43.8 Å². The summed E-state index contributed by atoms with van der Waals surface area (Å²) < 4.78 is 11.9. The summed E-state index contributed by atoms with van der Waals surface area (Å²) in [5.41, 5.74) is -0.472. The minimum Gasteiger partial charge on any atom is -0.372 e. The van der Waals surface area contributed by atoms with Crippen LogP contribution in [0.15, 0.2) is 0 Å². The lowest BCUT2D eigenvalue weighted by atomic mass is 9.91. The Morgan fingerprint density at radius 1 is 1.05 bits per heavy atom. The number of likely N-dealkylation sites (N-methyl/N-ethyl adjacent to an activating group) is 1. The molecule has 4 heteroatoms. The van der Waals surface area contributed by atoms with Crippen molar-refractivity contribution < 1.29 is 14.3 Å². The van der Waals surface area contributed by atoms with E-state index < -0.39 is 0 Å². The Morgan fingerprint density at radius 3 is 2.00 bits per heavy atom. The summed E-state index contributed by atoms with van der Waals surface area (Å²) in [5, 5.41) is 3.15.